The first-order chi connectivity index (χ1) is 7.76. The number of hydrogen-bond acceptors (Lipinski definition) is 4. The Balaban J connectivity index is 2.49. The largest absolute Gasteiger partial charge is 0.369 e. The van der Waals surface area contributed by atoms with Gasteiger partial charge in [0.15, 0.2) is 0 Å². The summed E-state index contributed by atoms with van der Waals surface area (Å²) >= 11 is 0. The van der Waals surface area contributed by atoms with Crippen LogP contribution in [0.1, 0.15) is 40.0 Å². The molecular weight excluding hydrogens is 200 g/mol. The van der Waals surface area contributed by atoms with E-state index in [1.807, 2.05) is 6.92 Å². The molecule has 0 saturated carbocycles. The predicted molar refractivity (Wildman–Crippen MR) is 68.8 cm³/mol. The SMILES string of the molecule is CCCCC(C)Nc1cncc(NCC)n1. The maximum absolute atomic E-state index is 4.43. The molecule has 0 saturated heterocycles. The highest BCUT2D eigenvalue weighted by molar-refractivity contribution is 5.41. The Hall–Kier alpha value is -1.32. The molecule has 1 atom stereocenters. The standard InChI is InChI=1S/C12H22N4/c1-4-6-7-10(3)15-12-9-13-8-11(16-12)14-5-2/h8-10H,4-7H2,1-3H3,(H2,14,15,16). The summed E-state index contributed by atoms with van der Waals surface area (Å²) in [5.41, 5.74) is 0. The lowest BCUT2D eigenvalue weighted by atomic mass is 10.1. The summed E-state index contributed by atoms with van der Waals surface area (Å²) in [4.78, 5) is 8.57. The molecule has 4 heteroatoms. The second-order valence-corrected chi connectivity index (χ2v) is 4.01. The van der Waals surface area contributed by atoms with Gasteiger partial charge in [-0.15, -0.1) is 0 Å². The normalized spacial score (nSPS) is 12.2. The predicted octanol–water partition coefficient (Wildman–Crippen LogP) is 2.90. The quantitative estimate of drug-likeness (QED) is 0.744. The molecule has 90 valence electrons. The second-order valence-electron chi connectivity index (χ2n) is 4.01. The monoisotopic (exact) mass is 222 g/mol. The van der Waals surface area contributed by atoms with E-state index in [-0.39, 0.29) is 0 Å². The van der Waals surface area contributed by atoms with Crippen LogP contribution in [0.25, 0.3) is 0 Å². The Morgan fingerprint density at radius 3 is 2.69 bits per heavy atom. The van der Waals surface area contributed by atoms with Crippen molar-refractivity contribution in [1.82, 2.24) is 9.97 Å². The number of rotatable bonds is 7. The second kappa shape index (κ2) is 7.04. The van der Waals surface area contributed by atoms with Crippen molar-refractivity contribution in [3.8, 4) is 0 Å². The van der Waals surface area contributed by atoms with Crippen LogP contribution in [0.5, 0.6) is 0 Å². The van der Waals surface area contributed by atoms with Gasteiger partial charge in [0.1, 0.15) is 11.6 Å². The average Bonchev–Trinajstić information content (AvgIpc) is 2.27. The third kappa shape index (κ3) is 4.47. The highest BCUT2D eigenvalue weighted by Crippen LogP contribution is 2.10. The van der Waals surface area contributed by atoms with Crippen LogP contribution in [0, 0.1) is 0 Å². The van der Waals surface area contributed by atoms with Gasteiger partial charge in [-0.05, 0) is 20.3 Å². The van der Waals surface area contributed by atoms with E-state index in [0.29, 0.717) is 6.04 Å². The van der Waals surface area contributed by atoms with E-state index >= 15 is 0 Å². The van der Waals surface area contributed by atoms with Gasteiger partial charge in [-0.2, -0.15) is 0 Å². The number of nitrogens with one attached hydrogen (secondary N) is 2. The van der Waals surface area contributed by atoms with Crippen LogP contribution in [0.2, 0.25) is 0 Å². The Labute approximate surface area is 97.9 Å². The molecule has 0 radical (unpaired) electrons. The third-order valence-electron chi connectivity index (χ3n) is 2.38. The molecule has 0 fully saturated rings. The molecule has 1 aromatic rings. The van der Waals surface area contributed by atoms with Gasteiger partial charge >= 0.3 is 0 Å². The van der Waals surface area contributed by atoms with E-state index in [0.717, 1.165) is 18.2 Å². The van der Waals surface area contributed by atoms with Crippen molar-refractivity contribution in [1.29, 1.82) is 0 Å². The fourth-order valence-electron chi connectivity index (χ4n) is 1.54. The molecular formula is C12H22N4. The smallest absolute Gasteiger partial charge is 0.147 e. The molecule has 16 heavy (non-hydrogen) atoms. The Kier molecular flexibility index (Phi) is 5.61. The summed E-state index contributed by atoms with van der Waals surface area (Å²) in [6.07, 6.45) is 7.15. The first-order valence-electron chi connectivity index (χ1n) is 6.08. The summed E-state index contributed by atoms with van der Waals surface area (Å²) in [6, 6.07) is 0.450. The van der Waals surface area contributed by atoms with Gasteiger partial charge in [0.25, 0.3) is 0 Å². The molecule has 0 amide bonds. The van der Waals surface area contributed by atoms with Gasteiger partial charge in [0.05, 0.1) is 12.4 Å². The fourth-order valence-corrected chi connectivity index (χ4v) is 1.54. The van der Waals surface area contributed by atoms with E-state index in [2.05, 4.69) is 34.4 Å². The summed E-state index contributed by atoms with van der Waals surface area (Å²) in [7, 11) is 0. The van der Waals surface area contributed by atoms with Crippen LogP contribution in [0.15, 0.2) is 12.4 Å². The van der Waals surface area contributed by atoms with Crippen molar-refractivity contribution < 1.29 is 0 Å². The molecule has 1 unspecified atom stereocenters. The van der Waals surface area contributed by atoms with Gasteiger partial charge < -0.3 is 10.6 Å². The molecule has 1 rings (SSSR count). The van der Waals surface area contributed by atoms with Gasteiger partial charge in [0, 0.05) is 12.6 Å². The summed E-state index contributed by atoms with van der Waals surface area (Å²) in [5, 5.41) is 6.51. The number of unbranched alkanes of at least 4 members (excludes halogenated alkanes) is 1. The van der Waals surface area contributed by atoms with Gasteiger partial charge in [-0.25, -0.2) is 4.98 Å². The van der Waals surface area contributed by atoms with Gasteiger partial charge in [-0.1, -0.05) is 19.8 Å². The molecule has 1 aromatic heterocycles. The lowest BCUT2D eigenvalue weighted by Crippen LogP contribution is -2.16. The van der Waals surface area contributed by atoms with E-state index in [1.54, 1.807) is 12.4 Å². The fraction of sp³-hybridized carbons (Fsp3) is 0.667. The van der Waals surface area contributed by atoms with Crippen LogP contribution < -0.4 is 10.6 Å². The molecule has 0 aliphatic carbocycles. The van der Waals surface area contributed by atoms with Crippen LogP contribution in [0.3, 0.4) is 0 Å². The zero-order valence-electron chi connectivity index (χ0n) is 10.5. The van der Waals surface area contributed by atoms with Crippen molar-refractivity contribution in [2.24, 2.45) is 0 Å². The summed E-state index contributed by atoms with van der Waals surface area (Å²) in [5.74, 6) is 1.68. The third-order valence-corrected chi connectivity index (χ3v) is 2.38. The zero-order chi connectivity index (χ0) is 11.8. The molecule has 0 aromatic carbocycles. The van der Waals surface area contributed by atoms with Crippen molar-refractivity contribution in [3.05, 3.63) is 12.4 Å². The minimum Gasteiger partial charge on any atom is -0.369 e. The summed E-state index contributed by atoms with van der Waals surface area (Å²) in [6.45, 7) is 7.30. The van der Waals surface area contributed by atoms with E-state index in [1.165, 1.54) is 19.3 Å². The van der Waals surface area contributed by atoms with Crippen molar-refractivity contribution >= 4 is 11.6 Å². The maximum atomic E-state index is 4.43. The van der Waals surface area contributed by atoms with Gasteiger partial charge in [0.2, 0.25) is 0 Å². The van der Waals surface area contributed by atoms with E-state index in [9.17, 15) is 0 Å². The number of hydrogen-bond donors (Lipinski definition) is 2. The Morgan fingerprint density at radius 2 is 2.00 bits per heavy atom. The van der Waals surface area contributed by atoms with Crippen molar-refractivity contribution in [2.75, 3.05) is 17.2 Å². The van der Waals surface area contributed by atoms with Gasteiger partial charge in [-0.3, -0.25) is 4.98 Å². The Bertz CT molecular complexity index is 301. The molecule has 0 aliphatic rings. The highest BCUT2D eigenvalue weighted by Gasteiger charge is 2.03. The van der Waals surface area contributed by atoms with Crippen molar-refractivity contribution in [3.63, 3.8) is 0 Å². The lowest BCUT2D eigenvalue weighted by molar-refractivity contribution is 0.643. The van der Waals surface area contributed by atoms with Crippen LogP contribution >= 0.6 is 0 Å². The number of nitrogens with zero attached hydrogens (tertiary/aromatic N) is 2. The summed E-state index contributed by atoms with van der Waals surface area (Å²) < 4.78 is 0. The minimum atomic E-state index is 0.450. The zero-order valence-corrected chi connectivity index (χ0v) is 10.5. The van der Waals surface area contributed by atoms with Crippen molar-refractivity contribution in [2.45, 2.75) is 46.1 Å². The first-order valence-corrected chi connectivity index (χ1v) is 6.08. The highest BCUT2D eigenvalue weighted by atomic mass is 15.1. The average molecular weight is 222 g/mol. The van der Waals surface area contributed by atoms with E-state index < -0.39 is 0 Å². The molecule has 0 bridgehead atoms. The molecule has 0 aliphatic heterocycles. The van der Waals surface area contributed by atoms with Crippen LogP contribution in [-0.2, 0) is 0 Å². The molecule has 4 nitrogen and oxygen atoms in total. The van der Waals surface area contributed by atoms with Crippen LogP contribution in [-0.4, -0.2) is 22.6 Å². The lowest BCUT2D eigenvalue weighted by Gasteiger charge is -2.14. The first kappa shape index (κ1) is 12.7. The maximum Gasteiger partial charge on any atom is 0.147 e. The van der Waals surface area contributed by atoms with E-state index in [4.69, 9.17) is 0 Å². The minimum absolute atomic E-state index is 0.450. The molecule has 2 N–H and O–H groups in total. The molecule has 1 heterocycles. The number of aromatic nitrogens is 2. The van der Waals surface area contributed by atoms with Crippen LogP contribution in [0.4, 0.5) is 11.6 Å². The Morgan fingerprint density at radius 1 is 1.25 bits per heavy atom. The molecule has 0 spiro atoms. The number of anilines is 2. The topological polar surface area (TPSA) is 49.8 Å².